The van der Waals surface area contributed by atoms with E-state index in [1.165, 1.54) is 0 Å². The Hall–Kier alpha value is -3.76. The number of hydrogen-bond donors (Lipinski definition) is 3. The fraction of sp³-hybridized carbons (Fsp3) is 0.286. The lowest BCUT2D eigenvalue weighted by atomic mass is 10.0. The van der Waals surface area contributed by atoms with Crippen LogP contribution in [-0.2, 0) is 19.1 Å². The van der Waals surface area contributed by atoms with Gasteiger partial charge in [0.25, 0.3) is 0 Å². The summed E-state index contributed by atoms with van der Waals surface area (Å²) in [5, 5.41) is 8.61. The number of hydrogen-bond acceptors (Lipinski definition) is 7. The van der Waals surface area contributed by atoms with Crippen molar-refractivity contribution in [3.05, 3.63) is 70.1 Å². The summed E-state index contributed by atoms with van der Waals surface area (Å²) in [6, 6.07) is 13.0. The van der Waals surface area contributed by atoms with Crippen LogP contribution in [0.1, 0.15) is 15.9 Å². The predicted octanol–water partition coefficient (Wildman–Crippen LogP) is 2.10. The fourth-order valence-corrected chi connectivity index (χ4v) is 2.52. The van der Waals surface area contributed by atoms with Gasteiger partial charge >= 0.3 is 0 Å². The molecular weight excluding hydrogens is 416 g/mol. The molecule has 2 aromatic carbocycles. The molecule has 0 fully saturated rings. The first-order chi connectivity index (χ1) is 15.5. The van der Waals surface area contributed by atoms with Gasteiger partial charge in [0.15, 0.2) is 5.78 Å². The highest BCUT2D eigenvalue weighted by Crippen LogP contribution is 2.16. The van der Waals surface area contributed by atoms with Crippen LogP contribution < -0.4 is 16.4 Å². The van der Waals surface area contributed by atoms with Crippen LogP contribution in [0.15, 0.2) is 53.6 Å². The normalized spacial score (nSPS) is 10.2. The van der Waals surface area contributed by atoms with Crippen molar-refractivity contribution in [3.8, 4) is 0 Å². The Labute approximate surface area is 184 Å². The first-order valence-electron chi connectivity index (χ1n) is 9.74. The molecule has 32 heavy (non-hydrogen) atoms. The molecule has 0 saturated heterocycles. The number of rotatable bonds is 13. The number of ketones is 1. The smallest absolute Gasteiger partial charge is 0.250 e. The molecule has 11 nitrogen and oxygen atoms in total. The summed E-state index contributed by atoms with van der Waals surface area (Å²) in [6.45, 7) is 0.780. The number of benzene rings is 2. The quantitative estimate of drug-likeness (QED) is 0.142. The van der Waals surface area contributed by atoms with Crippen LogP contribution in [0, 0.1) is 0 Å². The maximum Gasteiger partial charge on any atom is 0.250 e. The van der Waals surface area contributed by atoms with Gasteiger partial charge in [0.05, 0.1) is 26.4 Å². The molecule has 4 N–H and O–H groups in total. The first kappa shape index (κ1) is 24.5. The van der Waals surface area contributed by atoms with E-state index in [0.29, 0.717) is 29.1 Å². The van der Waals surface area contributed by atoms with Gasteiger partial charge in [-0.05, 0) is 54.1 Å². The number of nitrogens with one attached hydrogen (secondary N) is 2. The van der Waals surface area contributed by atoms with Gasteiger partial charge in [0.2, 0.25) is 11.8 Å². The number of nitrogens with zero attached hydrogens (tertiary/aromatic N) is 3. The predicted molar refractivity (Wildman–Crippen MR) is 118 cm³/mol. The van der Waals surface area contributed by atoms with Gasteiger partial charge in [-0.25, -0.2) is 0 Å². The molecule has 0 bridgehead atoms. The van der Waals surface area contributed by atoms with E-state index in [1.807, 2.05) is 0 Å². The molecule has 0 spiro atoms. The van der Waals surface area contributed by atoms with E-state index in [2.05, 4.69) is 20.7 Å². The van der Waals surface area contributed by atoms with E-state index in [1.54, 1.807) is 48.5 Å². The van der Waals surface area contributed by atoms with Crippen molar-refractivity contribution in [3.63, 3.8) is 0 Å². The molecule has 11 heteroatoms. The van der Waals surface area contributed by atoms with Gasteiger partial charge in [-0.1, -0.05) is 5.11 Å². The number of ether oxygens (including phenoxy) is 2. The highest BCUT2D eigenvalue weighted by atomic mass is 16.5. The lowest BCUT2D eigenvalue weighted by Gasteiger charge is -2.08. The summed E-state index contributed by atoms with van der Waals surface area (Å²) < 4.78 is 10.4. The van der Waals surface area contributed by atoms with Crippen molar-refractivity contribution in [1.29, 1.82) is 0 Å². The van der Waals surface area contributed by atoms with Gasteiger partial charge in [-0.15, -0.1) is 0 Å². The zero-order chi connectivity index (χ0) is 23.2. The molecule has 0 aliphatic heterocycles. The van der Waals surface area contributed by atoms with Crippen molar-refractivity contribution in [2.24, 2.45) is 10.8 Å². The Morgan fingerprint density at radius 3 is 1.91 bits per heavy atom. The number of azide groups is 1. The molecule has 0 radical (unpaired) electrons. The van der Waals surface area contributed by atoms with Crippen LogP contribution in [0.25, 0.3) is 10.4 Å². The zero-order valence-electron chi connectivity index (χ0n) is 17.3. The van der Waals surface area contributed by atoms with Gasteiger partial charge in [-0.2, -0.15) is 0 Å². The third-order valence-electron chi connectivity index (χ3n) is 4.05. The Morgan fingerprint density at radius 1 is 0.844 bits per heavy atom. The van der Waals surface area contributed by atoms with E-state index in [-0.39, 0.29) is 50.5 Å². The Balaban J connectivity index is 1.77. The monoisotopic (exact) mass is 440 g/mol. The van der Waals surface area contributed by atoms with E-state index >= 15 is 0 Å². The largest absolute Gasteiger partial charge is 0.379 e. The SMILES string of the molecule is [N-]=[N+]=NCCOCCOCC(=O)Nc1ccc(C(=O)c2ccc(NC(=O)CN)cc2)cc1. The molecule has 2 amide bonds. The molecule has 0 aliphatic rings. The zero-order valence-corrected chi connectivity index (χ0v) is 17.3. The second kappa shape index (κ2) is 13.5. The van der Waals surface area contributed by atoms with E-state index in [0.717, 1.165) is 0 Å². The van der Waals surface area contributed by atoms with Crippen LogP contribution in [0.2, 0.25) is 0 Å². The van der Waals surface area contributed by atoms with Crippen LogP contribution >= 0.6 is 0 Å². The Morgan fingerprint density at radius 2 is 1.38 bits per heavy atom. The standard InChI is InChI=1S/C21H24N6O5/c22-13-19(28)25-17-5-1-15(2-6-17)21(30)16-3-7-18(8-4-16)26-20(29)14-32-12-11-31-10-9-24-27-23/h1-8H,9-14,22H2,(H,25,28)(H,26,29). The number of nitrogens with two attached hydrogens (primary N) is 1. The number of carbonyl (C=O) groups is 3. The highest BCUT2D eigenvalue weighted by molar-refractivity contribution is 6.09. The maximum absolute atomic E-state index is 12.6. The lowest BCUT2D eigenvalue weighted by molar-refractivity contribution is -0.121. The number of carbonyl (C=O) groups excluding carboxylic acids is 3. The minimum Gasteiger partial charge on any atom is -0.379 e. The molecule has 0 aliphatic carbocycles. The number of amides is 2. The van der Waals surface area contributed by atoms with Gasteiger partial charge in [0, 0.05) is 34.0 Å². The average Bonchev–Trinajstić information content (AvgIpc) is 2.81. The average molecular weight is 440 g/mol. The minimum absolute atomic E-state index is 0.121. The second-order valence-corrected chi connectivity index (χ2v) is 6.40. The summed E-state index contributed by atoms with van der Waals surface area (Å²) >= 11 is 0. The summed E-state index contributed by atoms with van der Waals surface area (Å²) in [4.78, 5) is 38.4. The fourth-order valence-electron chi connectivity index (χ4n) is 2.52. The van der Waals surface area contributed by atoms with Gasteiger partial charge < -0.3 is 25.8 Å². The molecular formula is C21H24N6O5. The molecule has 2 rings (SSSR count). The summed E-state index contributed by atoms with van der Waals surface area (Å²) in [7, 11) is 0. The summed E-state index contributed by atoms with van der Waals surface area (Å²) in [6.07, 6.45) is 0. The minimum atomic E-state index is -0.340. The topological polar surface area (TPSA) is 169 Å². The first-order valence-corrected chi connectivity index (χ1v) is 9.74. The Kier molecular flexibility index (Phi) is 10.4. The Bertz CT molecular complexity index is 956. The van der Waals surface area contributed by atoms with Gasteiger partial charge in [-0.3, -0.25) is 14.4 Å². The van der Waals surface area contributed by atoms with E-state index in [9.17, 15) is 14.4 Å². The molecule has 0 aromatic heterocycles. The molecule has 2 aromatic rings. The van der Waals surface area contributed by atoms with Crippen LogP contribution in [-0.4, -0.2) is 57.1 Å². The molecule has 168 valence electrons. The highest BCUT2D eigenvalue weighted by Gasteiger charge is 2.10. The third kappa shape index (κ3) is 8.54. The summed E-state index contributed by atoms with van der Waals surface area (Å²) in [5.41, 5.74) is 15.4. The molecule has 0 saturated carbocycles. The maximum atomic E-state index is 12.6. The lowest BCUT2D eigenvalue weighted by Crippen LogP contribution is -2.21. The van der Waals surface area contributed by atoms with Crippen molar-refractivity contribution in [2.45, 2.75) is 0 Å². The van der Waals surface area contributed by atoms with Crippen molar-refractivity contribution < 1.29 is 23.9 Å². The van der Waals surface area contributed by atoms with E-state index < -0.39 is 0 Å². The third-order valence-corrected chi connectivity index (χ3v) is 4.05. The van der Waals surface area contributed by atoms with Crippen molar-refractivity contribution in [1.82, 2.24) is 0 Å². The number of anilines is 2. The molecule has 0 atom stereocenters. The van der Waals surface area contributed by atoms with Crippen molar-refractivity contribution >= 4 is 29.0 Å². The molecule has 0 unspecified atom stereocenters. The van der Waals surface area contributed by atoms with Crippen LogP contribution in [0.3, 0.4) is 0 Å². The van der Waals surface area contributed by atoms with Crippen LogP contribution in [0.5, 0.6) is 0 Å². The molecule has 0 heterocycles. The van der Waals surface area contributed by atoms with E-state index in [4.69, 9.17) is 20.7 Å². The van der Waals surface area contributed by atoms with Crippen LogP contribution in [0.4, 0.5) is 11.4 Å². The van der Waals surface area contributed by atoms with Gasteiger partial charge in [0.1, 0.15) is 6.61 Å². The van der Waals surface area contributed by atoms with Crippen molar-refractivity contribution in [2.75, 3.05) is 50.2 Å². The summed E-state index contributed by atoms with van der Waals surface area (Å²) in [5.74, 6) is -0.848. The second-order valence-electron chi connectivity index (χ2n) is 6.40.